The van der Waals surface area contributed by atoms with Gasteiger partial charge in [-0.15, -0.1) is 0 Å². The van der Waals surface area contributed by atoms with E-state index in [1.54, 1.807) is 0 Å². The van der Waals surface area contributed by atoms with E-state index in [1.807, 2.05) is 49.1 Å². The fourth-order valence-corrected chi connectivity index (χ4v) is 22.6. The van der Waals surface area contributed by atoms with Crippen LogP contribution in [-0.2, 0) is 19.6 Å². The third-order valence-corrected chi connectivity index (χ3v) is 30.3. The third-order valence-electron chi connectivity index (χ3n) is 30.3. The first kappa shape index (κ1) is 91.6. The van der Waals surface area contributed by atoms with Gasteiger partial charge in [-0.25, -0.2) is 19.9 Å². The Morgan fingerprint density at radius 1 is 0.310 bits per heavy atom. The van der Waals surface area contributed by atoms with Crippen LogP contribution in [0.15, 0.2) is 171 Å². The monoisotopic (exact) mass is 1740 g/mol. The fraction of sp³-hybridized carbons (Fsp3) is 0.543. The molecular formula is C105H146N24. The smallest absolute Gasteiger partial charge is 0.138 e. The Kier molecular flexibility index (Phi) is 29.9. The van der Waals surface area contributed by atoms with Crippen molar-refractivity contribution in [1.82, 2.24) is 111 Å². The number of nitrogens with zero attached hydrogens (tertiary/aromatic N) is 24. The summed E-state index contributed by atoms with van der Waals surface area (Å²) in [6.45, 7) is 45.5. The molecule has 8 aliphatic heterocycles. The molecule has 0 aromatic carbocycles. The number of anilines is 1. The Morgan fingerprint density at radius 3 is 1.01 bits per heavy atom. The molecule has 8 atom stereocenters. The van der Waals surface area contributed by atoms with Gasteiger partial charge in [0, 0.05) is 186 Å². The fourth-order valence-electron chi connectivity index (χ4n) is 22.6. The molecule has 686 valence electrons. The molecule has 0 radical (unpaired) electrons. The molecule has 24 heteroatoms. The van der Waals surface area contributed by atoms with Crippen molar-refractivity contribution in [2.24, 2.45) is 0 Å². The first-order valence-corrected chi connectivity index (χ1v) is 49.1. The van der Waals surface area contributed by atoms with E-state index < -0.39 is 0 Å². The van der Waals surface area contributed by atoms with E-state index in [0.717, 1.165) is 205 Å². The second kappa shape index (κ2) is 42.1. The van der Waals surface area contributed by atoms with Gasteiger partial charge in [0.05, 0.1) is 111 Å². The van der Waals surface area contributed by atoms with Gasteiger partial charge in [-0.2, -0.15) is 0 Å². The van der Waals surface area contributed by atoms with Gasteiger partial charge in [-0.05, 0) is 269 Å². The van der Waals surface area contributed by atoms with Crippen LogP contribution in [-0.4, -0.2) is 269 Å². The number of pyridine rings is 8. The van der Waals surface area contributed by atoms with Gasteiger partial charge in [0.25, 0.3) is 0 Å². The maximum atomic E-state index is 5.21. The van der Waals surface area contributed by atoms with Crippen molar-refractivity contribution in [2.45, 2.75) is 226 Å². The lowest BCUT2D eigenvalue weighted by molar-refractivity contribution is 0.0834. The molecule has 0 saturated carbocycles. The van der Waals surface area contributed by atoms with Crippen LogP contribution in [0.1, 0.15) is 252 Å². The van der Waals surface area contributed by atoms with Gasteiger partial charge < -0.3 is 27.9 Å². The maximum Gasteiger partial charge on any atom is 0.138 e. The minimum absolute atomic E-state index is 0.317. The summed E-state index contributed by atoms with van der Waals surface area (Å²) in [4.78, 5) is 70.5. The Morgan fingerprint density at radius 2 is 0.636 bits per heavy atom. The van der Waals surface area contributed by atoms with Crippen LogP contribution >= 0.6 is 0 Å². The summed E-state index contributed by atoms with van der Waals surface area (Å²) in [6.07, 6.45) is 30.7. The summed E-state index contributed by atoms with van der Waals surface area (Å²) in [5.41, 5.74) is 23.3. The van der Waals surface area contributed by atoms with Crippen LogP contribution in [0.2, 0.25) is 0 Å². The summed E-state index contributed by atoms with van der Waals surface area (Å²) in [6, 6.07) is 46.5. The van der Waals surface area contributed by atoms with E-state index in [0.29, 0.717) is 60.4 Å². The number of hydrogen-bond donors (Lipinski definition) is 0. The average Bonchev–Trinajstić information content (AvgIpc) is 1.66. The Labute approximate surface area is 768 Å². The molecule has 0 bridgehead atoms. The zero-order chi connectivity index (χ0) is 89.3. The number of imidazole rings is 4. The predicted octanol–water partition coefficient (Wildman–Crippen LogP) is 17.1. The van der Waals surface area contributed by atoms with Crippen LogP contribution in [0.4, 0.5) is 5.82 Å². The first-order chi connectivity index (χ1) is 62.9. The van der Waals surface area contributed by atoms with Crippen LogP contribution < -0.4 is 4.90 Å². The van der Waals surface area contributed by atoms with Crippen LogP contribution in [0.25, 0.3) is 22.6 Å². The zero-order valence-electron chi connectivity index (χ0n) is 80.0. The average molecular weight is 1740 g/mol. The quantitative estimate of drug-likeness (QED) is 0.0751. The molecule has 20 heterocycles. The number of hydrogen-bond acceptors (Lipinski definition) is 20. The molecule has 12 aromatic rings. The van der Waals surface area contributed by atoms with Crippen LogP contribution in [0.3, 0.4) is 0 Å². The lowest BCUT2D eigenvalue weighted by atomic mass is 9.90. The van der Waals surface area contributed by atoms with Crippen molar-refractivity contribution in [2.75, 3.05) is 151 Å². The second-order valence-corrected chi connectivity index (χ2v) is 38.7. The number of rotatable bonds is 19. The molecule has 0 amide bonds. The molecule has 8 aliphatic rings. The molecule has 20 rings (SSSR count). The van der Waals surface area contributed by atoms with Gasteiger partial charge in [0.15, 0.2) is 0 Å². The summed E-state index contributed by atoms with van der Waals surface area (Å²) in [7, 11) is 9.04. The summed E-state index contributed by atoms with van der Waals surface area (Å²) >= 11 is 0. The standard InChI is InChI=1S/2C27H38N6.C26H36N6.C25H34N6/c1-20(2)32-17-15-31(16-18-32)19-24-27(29-25-12-5-6-14-33(24)25)23-11-7-10-22(30(23)4)26-21(3)9-8-13-28-26;1-5-32-23(10-6-11-24(32)27-21(4)9-8-14-28-27)22-19-33-25(29-22)12-7-13-26(33)31-17-15-30(16-18-31)20(2)3;1-4-30-15-17-31(18-16-30)19-23-26(28-24-12-5-6-14-32(23)24)22-11-7-10-21(29(22)3)25-20(2)9-8-13-27-25;1-19-8-7-12-26-24(19)20-9-6-10-21(29(20)3)25-22(18-30-16-14-28(2)15-17-30)31-13-5-4-11-23(31)27-25/h5-6,8-9,12-14,20,22-23H,7,10-11,15-19H2,1-4H3;7-9,12-14,19-20,23-24H,5-6,10-11,15-18H2,1-4H3;5-6,8-9,12-14,21-22H,4,7,10-11,15-19H2,1-3H3;4-5,7-8,11-13,20-21H,6,9-10,14-18H2,1-3H3/t22-,23+;23-,24+;21-,22+;20-,21+/m0100/s1. The topological polar surface area (TPSA) is 160 Å². The van der Waals surface area contributed by atoms with Gasteiger partial charge in [-0.3, -0.25) is 68.4 Å². The van der Waals surface area contributed by atoms with Gasteiger partial charge in [0.2, 0.25) is 0 Å². The van der Waals surface area contributed by atoms with E-state index in [1.165, 1.54) is 123 Å². The summed E-state index contributed by atoms with van der Waals surface area (Å²) < 4.78 is 9.29. The van der Waals surface area contributed by atoms with Gasteiger partial charge >= 0.3 is 0 Å². The Hall–Kier alpha value is -9.28. The molecule has 24 nitrogen and oxygen atoms in total. The third kappa shape index (κ3) is 20.4. The van der Waals surface area contributed by atoms with Crippen molar-refractivity contribution in [1.29, 1.82) is 0 Å². The first-order valence-electron chi connectivity index (χ1n) is 49.1. The number of fused-ring (bicyclic) bond motifs is 4. The molecule has 129 heavy (non-hydrogen) atoms. The number of aromatic nitrogens is 12. The maximum absolute atomic E-state index is 5.21. The molecule has 8 fully saturated rings. The van der Waals surface area contributed by atoms with E-state index in [4.69, 9.17) is 39.9 Å². The lowest BCUT2D eigenvalue weighted by Gasteiger charge is -2.41. The highest BCUT2D eigenvalue weighted by Crippen LogP contribution is 2.47. The van der Waals surface area contributed by atoms with E-state index in [9.17, 15) is 0 Å². The lowest BCUT2D eigenvalue weighted by Crippen LogP contribution is -2.49. The normalized spacial score (nSPS) is 23.6. The number of aryl methyl sites for hydroxylation is 4. The van der Waals surface area contributed by atoms with Crippen LogP contribution in [0.5, 0.6) is 0 Å². The zero-order valence-corrected chi connectivity index (χ0v) is 80.0. The highest BCUT2D eigenvalue weighted by molar-refractivity contribution is 5.54. The van der Waals surface area contributed by atoms with E-state index in [-0.39, 0.29) is 0 Å². The van der Waals surface area contributed by atoms with Gasteiger partial charge in [0.1, 0.15) is 28.4 Å². The van der Waals surface area contributed by atoms with Crippen LogP contribution in [0, 0.1) is 27.7 Å². The SMILES string of the molecule is CCN1CCN(Cc2c([C@H]3CCC[C@@H](c4ncccc4C)N3C)nc3ccccn23)CC1.CCN1[C@@H](c2cn3c(N4CCN(C(C)C)CC4)cccc3n2)CCC[C@H]1c1ncccc1C.Cc1cccnc1[C@@H]1CCC[C@H](c2nc3ccccn3c2CN2CCN(C(C)C)CC2)N1C.Cc1cccnc1[C@@H]1CCC[C@H](c2nc3ccccn3c2CN2CCN(C)CC2)N1C. The molecule has 0 spiro atoms. The number of likely N-dealkylation sites (tertiary alicyclic amines) is 4. The number of likely N-dealkylation sites (N-methyl/N-ethyl adjacent to an activating group) is 2. The molecule has 0 unspecified atom stereocenters. The Bertz CT molecular complexity index is 5620. The molecule has 0 aliphatic carbocycles. The largest absolute Gasteiger partial charge is 0.355 e. The minimum atomic E-state index is 0.317. The predicted molar refractivity (Wildman–Crippen MR) is 521 cm³/mol. The Balaban J connectivity index is 0.000000121. The number of piperidine rings is 4. The van der Waals surface area contributed by atoms with Crippen molar-refractivity contribution >= 4 is 28.4 Å². The second-order valence-electron chi connectivity index (χ2n) is 38.7. The molecule has 0 N–H and O–H groups in total. The molecule has 8 saturated heterocycles. The van der Waals surface area contributed by atoms with Crippen molar-refractivity contribution < 1.29 is 0 Å². The van der Waals surface area contributed by atoms with Crippen molar-refractivity contribution in [3.63, 3.8) is 0 Å². The number of piperazine rings is 4. The summed E-state index contributed by atoms with van der Waals surface area (Å²) in [5.74, 6) is 1.27. The minimum Gasteiger partial charge on any atom is -0.355 e. The van der Waals surface area contributed by atoms with Gasteiger partial charge in [-0.1, -0.05) is 62.4 Å². The molecular weight excluding hydrogens is 1600 g/mol. The van der Waals surface area contributed by atoms with Crippen molar-refractivity contribution in [3.8, 4) is 0 Å². The van der Waals surface area contributed by atoms with E-state index in [2.05, 4.69) is 296 Å². The van der Waals surface area contributed by atoms with E-state index >= 15 is 0 Å². The molecule has 12 aromatic heterocycles. The van der Waals surface area contributed by atoms with Crippen molar-refractivity contribution in [3.05, 3.63) is 256 Å². The summed E-state index contributed by atoms with van der Waals surface area (Å²) in [5, 5.41) is 0. The highest BCUT2D eigenvalue weighted by Gasteiger charge is 2.41. The highest BCUT2D eigenvalue weighted by atomic mass is 15.3.